The van der Waals surface area contributed by atoms with Crippen molar-refractivity contribution < 1.29 is 4.79 Å². The van der Waals surface area contributed by atoms with Crippen molar-refractivity contribution in [3.05, 3.63) is 88.4 Å². The van der Waals surface area contributed by atoms with Crippen molar-refractivity contribution in [1.29, 1.82) is 5.26 Å². The number of hydrogen-bond acceptors (Lipinski definition) is 5. The average molecular weight is 412 g/mol. The minimum absolute atomic E-state index is 0.0479. The second-order valence-electron chi connectivity index (χ2n) is 7.56. The molecule has 0 saturated carbocycles. The van der Waals surface area contributed by atoms with E-state index in [1.165, 1.54) is 4.90 Å². The Kier molecular flexibility index (Phi) is 6.78. The Labute approximate surface area is 182 Å². The maximum atomic E-state index is 11.8. The van der Waals surface area contributed by atoms with Crippen molar-refractivity contribution in [3.63, 3.8) is 0 Å². The van der Waals surface area contributed by atoms with E-state index in [4.69, 9.17) is 5.26 Å². The molecule has 31 heavy (non-hydrogen) atoms. The Hall–Kier alpha value is -3.98. The van der Waals surface area contributed by atoms with Crippen LogP contribution in [0.1, 0.15) is 33.6 Å². The van der Waals surface area contributed by atoms with Crippen molar-refractivity contribution >= 4 is 23.5 Å². The normalized spacial score (nSPS) is 10.7. The lowest BCUT2D eigenvalue weighted by Crippen LogP contribution is -2.18. The molecule has 0 saturated heterocycles. The molecule has 0 spiro atoms. The zero-order chi connectivity index (χ0) is 22.4. The Balaban J connectivity index is 1.77. The summed E-state index contributed by atoms with van der Waals surface area (Å²) in [7, 11) is 3.46. The summed E-state index contributed by atoms with van der Waals surface area (Å²) in [6, 6.07) is 15.5. The summed E-state index contributed by atoms with van der Waals surface area (Å²) in [6.45, 7) is 4.05. The first kappa shape index (κ1) is 21.7. The molecule has 1 amide bonds. The number of aryl methyl sites for hydroxylation is 2. The minimum Gasteiger partial charge on any atom is -0.345 e. The zero-order valence-corrected chi connectivity index (χ0v) is 18.2. The summed E-state index contributed by atoms with van der Waals surface area (Å²) in [5.41, 5.74) is 5.76. The number of nitrogens with one attached hydrogen (secondary N) is 1. The number of carbonyl (C=O) groups excluding carboxylic acids is 1. The lowest BCUT2D eigenvalue weighted by Gasteiger charge is -2.14. The fraction of sp³-hybridized carbons (Fsp3) is 0.200. The molecule has 0 unspecified atom stereocenters. The van der Waals surface area contributed by atoms with Gasteiger partial charge in [-0.2, -0.15) is 5.26 Å². The van der Waals surface area contributed by atoms with Crippen LogP contribution in [-0.4, -0.2) is 34.9 Å². The number of benzene rings is 2. The smallest absolute Gasteiger partial charge is 0.246 e. The molecule has 0 aliphatic carbocycles. The average Bonchev–Trinajstić information content (AvgIpc) is 2.75. The molecule has 0 aliphatic rings. The van der Waals surface area contributed by atoms with Gasteiger partial charge in [0.2, 0.25) is 5.91 Å². The highest BCUT2D eigenvalue weighted by atomic mass is 16.2. The van der Waals surface area contributed by atoms with E-state index in [1.807, 2.05) is 50.3 Å². The van der Waals surface area contributed by atoms with Gasteiger partial charge in [0.25, 0.3) is 0 Å². The van der Waals surface area contributed by atoms with Gasteiger partial charge in [-0.1, -0.05) is 12.1 Å². The van der Waals surface area contributed by atoms with Gasteiger partial charge in [-0.3, -0.25) is 4.79 Å². The first-order valence-electron chi connectivity index (χ1n) is 9.94. The van der Waals surface area contributed by atoms with Crippen LogP contribution in [0.2, 0.25) is 0 Å². The summed E-state index contributed by atoms with van der Waals surface area (Å²) in [5.74, 6) is 1.37. The van der Waals surface area contributed by atoms with Crippen molar-refractivity contribution in [2.24, 2.45) is 0 Å². The number of nitrogens with zero attached hydrogens (tertiary/aromatic N) is 4. The number of rotatable bonds is 6. The lowest BCUT2D eigenvalue weighted by atomic mass is 10.0. The van der Waals surface area contributed by atoms with E-state index < -0.39 is 0 Å². The van der Waals surface area contributed by atoms with E-state index in [0.717, 1.165) is 33.8 Å². The summed E-state index contributed by atoms with van der Waals surface area (Å²) in [5, 5.41) is 12.3. The second-order valence-corrected chi connectivity index (χ2v) is 7.56. The molecule has 1 N–H and O–H groups in total. The van der Waals surface area contributed by atoms with Crippen LogP contribution in [0.4, 0.5) is 11.5 Å². The van der Waals surface area contributed by atoms with Crippen LogP contribution in [-0.2, 0) is 11.2 Å². The van der Waals surface area contributed by atoms with Crippen molar-refractivity contribution in [3.8, 4) is 6.07 Å². The molecule has 1 aromatic heterocycles. The van der Waals surface area contributed by atoms with Gasteiger partial charge in [-0.05, 0) is 72.5 Å². The highest BCUT2D eigenvalue weighted by Gasteiger charge is 2.08. The van der Waals surface area contributed by atoms with E-state index in [9.17, 15) is 4.79 Å². The summed E-state index contributed by atoms with van der Waals surface area (Å²) in [4.78, 5) is 22.3. The molecule has 6 heteroatoms. The number of amides is 1. The monoisotopic (exact) mass is 411 g/mol. The topological polar surface area (TPSA) is 81.9 Å². The van der Waals surface area contributed by atoms with Crippen LogP contribution in [0.25, 0.3) is 6.08 Å². The molecule has 1 heterocycles. The third-order valence-electron chi connectivity index (χ3n) is 4.82. The molecule has 2 aromatic carbocycles. The van der Waals surface area contributed by atoms with Crippen LogP contribution in [0.15, 0.2) is 54.7 Å². The van der Waals surface area contributed by atoms with Crippen LogP contribution < -0.4 is 5.32 Å². The standard InChI is InChI=1S/C25H25N5O/c1-17-13-21(9-10-24(31)30(3)4)14-18(2)25(17)29-22-11-12-27-23(28-22)15-19-5-7-20(16-26)8-6-19/h5-14H,15H2,1-4H3,(H,27,28,29)/b10-9+. The van der Waals surface area contributed by atoms with Crippen LogP contribution in [0.5, 0.6) is 0 Å². The maximum absolute atomic E-state index is 11.8. The number of carbonyl (C=O) groups is 1. The molecule has 0 fully saturated rings. The SMILES string of the molecule is Cc1cc(/C=C/C(=O)N(C)C)cc(C)c1Nc1ccnc(Cc2ccc(C#N)cc2)n1. The number of hydrogen-bond donors (Lipinski definition) is 1. The summed E-state index contributed by atoms with van der Waals surface area (Å²) >= 11 is 0. The number of anilines is 2. The lowest BCUT2D eigenvalue weighted by molar-refractivity contribution is -0.123. The van der Waals surface area contributed by atoms with E-state index in [0.29, 0.717) is 17.8 Å². The molecule has 0 aliphatic heterocycles. The fourth-order valence-electron chi connectivity index (χ4n) is 3.17. The van der Waals surface area contributed by atoms with Gasteiger partial charge in [-0.25, -0.2) is 9.97 Å². The zero-order valence-electron chi connectivity index (χ0n) is 18.2. The van der Waals surface area contributed by atoms with E-state index in [-0.39, 0.29) is 5.91 Å². The van der Waals surface area contributed by atoms with Crippen molar-refractivity contribution in [1.82, 2.24) is 14.9 Å². The van der Waals surface area contributed by atoms with Crippen LogP contribution in [0.3, 0.4) is 0 Å². The van der Waals surface area contributed by atoms with E-state index >= 15 is 0 Å². The highest BCUT2D eigenvalue weighted by molar-refractivity contribution is 5.91. The van der Waals surface area contributed by atoms with Gasteiger partial charge in [0.05, 0.1) is 11.6 Å². The molecule has 0 radical (unpaired) electrons. The fourth-order valence-corrected chi connectivity index (χ4v) is 3.17. The maximum Gasteiger partial charge on any atom is 0.246 e. The Morgan fingerprint density at radius 2 is 1.81 bits per heavy atom. The summed E-state index contributed by atoms with van der Waals surface area (Å²) in [6.07, 6.45) is 5.72. The predicted octanol–water partition coefficient (Wildman–Crippen LogP) is 4.40. The Morgan fingerprint density at radius 1 is 1.13 bits per heavy atom. The molecule has 156 valence electrons. The molecular formula is C25H25N5O. The number of nitriles is 1. The number of aromatic nitrogens is 2. The summed E-state index contributed by atoms with van der Waals surface area (Å²) < 4.78 is 0. The highest BCUT2D eigenvalue weighted by Crippen LogP contribution is 2.26. The molecule has 3 aromatic rings. The van der Waals surface area contributed by atoms with E-state index in [1.54, 1.807) is 38.5 Å². The van der Waals surface area contributed by atoms with Gasteiger partial charge in [-0.15, -0.1) is 0 Å². The molecule has 3 rings (SSSR count). The van der Waals surface area contributed by atoms with Gasteiger partial charge >= 0.3 is 0 Å². The predicted molar refractivity (Wildman–Crippen MR) is 123 cm³/mol. The van der Waals surface area contributed by atoms with Crippen LogP contribution in [0, 0.1) is 25.2 Å². The number of likely N-dealkylation sites (N-methyl/N-ethyl adjacent to an activating group) is 1. The van der Waals surface area contributed by atoms with Gasteiger partial charge in [0.15, 0.2) is 0 Å². The van der Waals surface area contributed by atoms with Crippen molar-refractivity contribution in [2.45, 2.75) is 20.3 Å². The third-order valence-corrected chi connectivity index (χ3v) is 4.82. The van der Waals surface area contributed by atoms with Gasteiger partial charge in [0.1, 0.15) is 11.6 Å². The second kappa shape index (κ2) is 9.68. The van der Waals surface area contributed by atoms with Crippen molar-refractivity contribution in [2.75, 3.05) is 19.4 Å². The van der Waals surface area contributed by atoms with Gasteiger partial charge in [0, 0.05) is 38.5 Å². The molecule has 0 bridgehead atoms. The molecule has 0 atom stereocenters. The van der Waals surface area contributed by atoms with E-state index in [2.05, 4.69) is 21.4 Å². The molecular weight excluding hydrogens is 386 g/mol. The quantitative estimate of drug-likeness (QED) is 0.608. The Bertz CT molecular complexity index is 1130. The van der Waals surface area contributed by atoms with Crippen LogP contribution >= 0.6 is 0 Å². The molecule has 6 nitrogen and oxygen atoms in total. The third kappa shape index (κ3) is 5.77. The minimum atomic E-state index is -0.0479. The largest absolute Gasteiger partial charge is 0.345 e. The van der Waals surface area contributed by atoms with Gasteiger partial charge < -0.3 is 10.2 Å². The first-order chi connectivity index (χ1) is 14.9. The Morgan fingerprint density at radius 3 is 2.42 bits per heavy atom. The first-order valence-corrected chi connectivity index (χ1v) is 9.94.